The van der Waals surface area contributed by atoms with Gasteiger partial charge in [0.25, 0.3) is 0 Å². The lowest BCUT2D eigenvalue weighted by Gasteiger charge is -2.20. The van der Waals surface area contributed by atoms with Gasteiger partial charge in [-0.25, -0.2) is 4.79 Å². The molecule has 0 aromatic carbocycles. The zero-order valence-electron chi connectivity index (χ0n) is 9.74. The molecule has 5 nitrogen and oxygen atoms in total. The molecule has 1 atom stereocenters. The van der Waals surface area contributed by atoms with Crippen LogP contribution < -0.4 is 5.32 Å². The van der Waals surface area contributed by atoms with Crippen LogP contribution in [0.25, 0.3) is 0 Å². The molecule has 1 amide bonds. The van der Waals surface area contributed by atoms with Crippen molar-refractivity contribution >= 4 is 11.9 Å². The van der Waals surface area contributed by atoms with Crippen LogP contribution in [0.5, 0.6) is 0 Å². The van der Waals surface area contributed by atoms with E-state index in [-0.39, 0.29) is 13.0 Å². The van der Waals surface area contributed by atoms with E-state index in [1.165, 1.54) is 0 Å². The molecule has 0 radical (unpaired) electrons. The lowest BCUT2D eigenvalue weighted by molar-refractivity contribution is -0.143. The topological polar surface area (TPSA) is 75.6 Å². The van der Waals surface area contributed by atoms with E-state index in [2.05, 4.69) is 11.2 Å². The largest absolute Gasteiger partial charge is 0.480 e. The Kier molecular flexibility index (Phi) is 5.54. The third kappa shape index (κ3) is 6.85. The summed E-state index contributed by atoms with van der Waals surface area (Å²) in [5.74, 6) is 0.551. The summed E-state index contributed by atoms with van der Waals surface area (Å²) in [6.07, 6.45) is 4.95. The van der Waals surface area contributed by atoms with Gasteiger partial charge in [-0.2, -0.15) is 0 Å². The SMILES string of the molecule is C#CCC(NC(=O)COC(C)(C)C)C(=O)O. The van der Waals surface area contributed by atoms with Gasteiger partial charge >= 0.3 is 5.97 Å². The number of carbonyl (C=O) groups excluding carboxylic acids is 1. The lowest BCUT2D eigenvalue weighted by atomic mass is 10.2. The molecule has 0 rings (SSSR count). The third-order valence-corrected chi connectivity index (χ3v) is 1.59. The molecule has 0 aromatic heterocycles. The average Bonchev–Trinajstić information content (AvgIpc) is 2.13. The van der Waals surface area contributed by atoms with Gasteiger partial charge in [0.1, 0.15) is 12.6 Å². The predicted molar refractivity (Wildman–Crippen MR) is 58.7 cm³/mol. The number of terminal acetylenes is 1. The van der Waals surface area contributed by atoms with Crippen LogP contribution in [0.4, 0.5) is 0 Å². The van der Waals surface area contributed by atoms with Crippen molar-refractivity contribution in [3.8, 4) is 12.3 Å². The zero-order chi connectivity index (χ0) is 12.8. The van der Waals surface area contributed by atoms with Crippen molar-refractivity contribution in [3.05, 3.63) is 0 Å². The van der Waals surface area contributed by atoms with Gasteiger partial charge in [-0.1, -0.05) is 0 Å². The molecule has 5 heteroatoms. The molecule has 0 saturated carbocycles. The fourth-order valence-corrected chi connectivity index (χ4v) is 0.836. The van der Waals surface area contributed by atoms with Gasteiger partial charge in [-0.3, -0.25) is 4.79 Å². The highest BCUT2D eigenvalue weighted by molar-refractivity contribution is 5.84. The Morgan fingerprint density at radius 2 is 2.06 bits per heavy atom. The molecule has 0 fully saturated rings. The number of rotatable bonds is 5. The van der Waals surface area contributed by atoms with Gasteiger partial charge in [0.05, 0.1) is 5.60 Å². The predicted octanol–water partition coefficient (Wildman–Crippen LogP) is 0.394. The van der Waals surface area contributed by atoms with Crippen molar-refractivity contribution in [2.24, 2.45) is 0 Å². The molecule has 0 saturated heterocycles. The van der Waals surface area contributed by atoms with Gasteiger partial charge in [-0.15, -0.1) is 12.3 Å². The monoisotopic (exact) mass is 227 g/mol. The van der Waals surface area contributed by atoms with Crippen molar-refractivity contribution in [2.75, 3.05) is 6.61 Å². The van der Waals surface area contributed by atoms with Gasteiger partial charge < -0.3 is 15.2 Å². The lowest BCUT2D eigenvalue weighted by Crippen LogP contribution is -2.43. The Morgan fingerprint density at radius 1 is 1.50 bits per heavy atom. The summed E-state index contributed by atoms with van der Waals surface area (Å²) in [7, 11) is 0. The molecule has 90 valence electrons. The average molecular weight is 227 g/mol. The highest BCUT2D eigenvalue weighted by Crippen LogP contribution is 2.05. The normalized spacial score (nSPS) is 12.6. The fraction of sp³-hybridized carbons (Fsp3) is 0.636. The minimum Gasteiger partial charge on any atom is -0.480 e. The number of carboxylic acid groups (broad SMARTS) is 1. The summed E-state index contributed by atoms with van der Waals surface area (Å²) in [6.45, 7) is 5.22. The van der Waals surface area contributed by atoms with Crippen LogP contribution in [0.3, 0.4) is 0 Å². The van der Waals surface area contributed by atoms with Crippen molar-refractivity contribution < 1.29 is 19.4 Å². The molecule has 1 unspecified atom stereocenters. The molecule has 0 aliphatic rings. The quantitative estimate of drug-likeness (QED) is 0.666. The molecule has 0 aliphatic heterocycles. The van der Waals surface area contributed by atoms with E-state index in [1.54, 1.807) is 20.8 Å². The Hall–Kier alpha value is -1.54. The summed E-state index contributed by atoms with van der Waals surface area (Å²) in [4.78, 5) is 22.0. The highest BCUT2D eigenvalue weighted by atomic mass is 16.5. The van der Waals surface area contributed by atoms with E-state index in [4.69, 9.17) is 16.3 Å². The standard InChI is InChI=1S/C11H17NO4/c1-5-6-8(10(14)15)12-9(13)7-16-11(2,3)4/h1,8H,6-7H2,2-4H3,(H,12,13)(H,14,15). The summed E-state index contributed by atoms with van der Waals surface area (Å²) in [5, 5.41) is 11.0. The van der Waals surface area contributed by atoms with Crippen LogP contribution in [-0.4, -0.2) is 35.2 Å². The van der Waals surface area contributed by atoms with Gasteiger partial charge in [0.2, 0.25) is 5.91 Å². The van der Waals surface area contributed by atoms with Crippen LogP contribution in [0.15, 0.2) is 0 Å². The van der Waals surface area contributed by atoms with E-state index in [1.807, 2.05) is 0 Å². The number of carboxylic acids is 1. The van der Waals surface area contributed by atoms with Crippen LogP contribution in [-0.2, 0) is 14.3 Å². The van der Waals surface area contributed by atoms with Crippen LogP contribution >= 0.6 is 0 Å². The fourth-order valence-electron chi connectivity index (χ4n) is 0.836. The maximum Gasteiger partial charge on any atom is 0.327 e. The second-order valence-corrected chi connectivity index (χ2v) is 4.27. The van der Waals surface area contributed by atoms with Crippen molar-refractivity contribution in [3.63, 3.8) is 0 Å². The zero-order valence-corrected chi connectivity index (χ0v) is 9.74. The minimum atomic E-state index is -1.15. The highest BCUT2D eigenvalue weighted by Gasteiger charge is 2.20. The van der Waals surface area contributed by atoms with E-state index in [9.17, 15) is 9.59 Å². The van der Waals surface area contributed by atoms with Crippen molar-refractivity contribution in [1.29, 1.82) is 0 Å². The van der Waals surface area contributed by atoms with E-state index >= 15 is 0 Å². The number of ether oxygens (including phenoxy) is 1. The molecule has 16 heavy (non-hydrogen) atoms. The number of nitrogens with one attached hydrogen (secondary N) is 1. The van der Waals surface area contributed by atoms with Crippen molar-refractivity contribution in [1.82, 2.24) is 5.32 Å². The first kappa shape index (κ1) is 14.5. The maximum absolute atomic E-state index is 11.3. The van der Waals surface area contributed by atoms with Crippen LogP contribution in [0, 0.1) is 12.3 Å². The first-order valence-corrected chi connectivity index (χ1v) is 4.86. The summed E-state index contributed by atoms with van der Waals surface area (Å²) in [5.41, 5.74) is -0.442. The molecule has 0 heterocycles. The Labute approximate surface area is 95.2 Å². The summed E-state index contributed by atoms with van der Waals surface area (Å²) >= 11 is 0. The van der Waals surface area contributed by atoms with Crippen molar-refractivity contribution in [2.45, 2.75) is 38.8 Å². The summed E-state index contributed by atoms with van der Waals surface area (Å²) in [6, 6.07) is -1.05. The number of hydrogen-bond acceptors (Lipinski definition) is 3. The van der Waals surface area contributed by atoms with Crippen LogP contribution in [0.2, 0.25) is 0 Å². The summed E-state index contributed by atoms with van der Waals surface area (Å²) < 4.78 is 5.19. The third-order valence-electron chi connectivity index (χ3n) is 1.59. The molecule has 2 N–H and O–H groups in total. The second kappa shape index (κ2) is 6.13. The first-order valence-electron chi connectivity index (χ1n) is 4.86. The Balaban J connectivity index is 4.12. The Bertz CT molecular complexity index is 298. The van der Waals surface area contributed by atoms with Gasteiger partial charge in [0.15, 0.2) is 0 Å². The number of hydrogen-bond donors (Lipinski definition) is 2. The number of carbonyl (C=O) groups is 2. The van der Waals surface area contributed by atoms with Gasteiger partial charge in [0, 0.05) is 6.42 Å². The number of amides is 1. The van der Waals surface area contributed by atoms with Gasteiger partial charge in [-0.05, 0) is 20.8 Å². The molecule has 0 aliphatic carbocycles. The maximum atomic E-state index is 11.3. The van der Waals surface area contributed by atoms with E-state index in [0.717, 1.165) is 0 Å². The Morgan fingerprint density at radius 3 is 2.44 bits per heavy atom. The van der Waals surface area contributed by atoms with E-state index in [0.29, 0.717) is 0 Å². The van der Waals surface area contributed by atoms with E-state index < -0.39 is 23.5 Å². The molecule has 0 spiro atoms. The minimum absolute atomic E-state index is 0.0450. The number of aliphatic carboxylic acids is 1. The van der Waals surface area contributed by atoms with Crippen LogP contribution in [0.1, 0.15) is 27.2 Å². The molecular weight excluding hydrogens is 210 g/mol. The molecule has 0 aromatic rings. The second-order valence-electron chi connectivity index (χ2n) is 4.27. The molecule has 0 bridgehead atoms. The smallest absolute Gasteiger partial charge is 0.327 e. The molecular formula is C11H17NO4. The first-order chi connectivity index (χ1) is 7.26.